The van der Waals surface area contributed by atoms with Crippen LogP contribution in [0.15, 0.2) is 29.2 Å². The molecule has 1 aliphatic heterocycles. The Kier molecular flexibility index (Phi) is 5.20. The summed E-state index contributed by atoms with van der Waals surface area (Å²) in [5, 5.41) is 38.2. The van der Waals surface area contributed by atoms with Crippen molar-refractivity contribution in [2.45, 2.75) is 41.6 Å². The Hall–Kier alpha value is -1.16. The van der Waals surface area contributed by atoms with Gasteiger partial charge in [-0.1, -0.05) is 12.1 Å². The van der Waals surface area contributed by atoms with Crippen LogP contribution in [0.25, 0.3) is 0 Å². The molecule has 0 radical (unpaired) electrons. The molecule has 0 spiro atoms. The Balaban J connectivity index is 2.17. The fraction of sp³-hybridized carbons (Fsp3) is 0.462. The van der Waals surface area contributed by atoms with E-state index in [1.807, 2.05) is 0 Å². The molecule has 1 aromatic rings. The average Bonchev–Trinajstić information content (AvgIpc) is 2.64. The SMILES string of the molecule is C[C@@H](O)[C@@H](O)[C@H](O)[C@@H](O)C1NNC(=O)c2ccccc2S1. The molecule has 1 amide bonds. The highest BCUT2D eigenvalue weighted by Crippen LogP contribution is 2.30. The molecule has 0 aromatic heterocycles. The van der Waals surface area contributed by atoms with E-state index in [2.05, 4.69) is 10.9 Å². The largest absolute Gasteiger partial charge is 0.391 e. The highest BCUT2D eigenvalue weighted by atomic mass is 32.2. The number of amides is 1. The topological polar surface area (TPSA) is 122 Å². The van der Waals surface area contributed by atoms with Gasteiger partial charge in [0.05, 0.1) is 11.7 Å². The highest BCUT2D eigenvalue weighted by molar-refractivity contribution is 8.00. The molecule has 1 aliphatic rings. The van der Waals surface area contributed by atoms with Crippen molar-refractivity contribution in [3.05, 3.63) is 29.8 Å². The molecule has 116 valence electrons. The zero-order chi connectivity index (χ0) is 15.6. The van der Waals surface area contributed by atoms with Crippen molar-refractivity contribution in [1.82, 2.24) is 10.9 Å². The number of carbonyl (C=O) groups is 1. The minimum absolute atomic E-state index is 0.349. The fourth-order valence-electron chi connectivity index (χ4n) is 1.95. The second-order valence-corrected chi connectivity index (χ2v) is 6.03. The number of carbonyl (C=O) groups excluding carboxylic acids is 1. The van der Waals surface area contributed by atoms with E-state index in [9.17, 15) is 25.2 Å². The van der Waals surface area contributed by atoms with Crippen LogP contribution in [0.5, 0.6) is 0 Å². The monoisotopic (exact) mass is 314 g/mol. The van der Waals surface area contributed by atoms with Gasteiger partial charge >= 0.3 is 0 Å². The van der Waals surface area contributed by atoms with E-state index in [1.54, 1.807) is 24.3 Å². The van der Waals surface area contributed by atoms with Gasteiger partial charge in [-0.2, -0.15) is 0 Å². The van der Waals surface area contributed by atoms with Crippen LogP contribution in [-0.4, -0.2) is 56.1 Å². The smallest absolute Gasteiger partial charge is 0.266 e. The number of hydrogen-bond donors (Lipinski definition) is 6. The number of aliphatic hydroxyl groups excluding tert-OH is 4. The number of nitrogens with one attached hydrogen (secondary N) is 2. The van der Waals surface area contributed by atoms with Crippen molar-refractivity contribution in [2.24, 2.45) is 0 Å². The molecule has 0 fully saturated rings. The van der Waals surface area contributed by atoms with E-state index < -0.39 is 29.8 Å². The normalized spacial score (nSPS) is 24.2. The van der Waals surface area contributed by atoms with Crippen LogP contribution in [0.2, 0.25) is 0 Å². The molecule has 21 heavy (non-hydrogen) atoms. The van der Waals surface area contributed by atoms with E-state index in [0.29, 0.717) is 10.5 Å². The van der Waals surface area contributed by atoms with Gasteiger partial charge in [-0.05, 0) is 19.1 Å². The summed E-state index contributed by atoms with van der Waals surface area (Å²) in [6.45, 7) is 1.31. The lowest BCUT2D eigenvalue weighted by Crippen LogP contribution is -2.54. The van der Waals surface area contributed by atoms with Gasteiger partial charge in [-0.15, -0.1) is 11.8 Å². The van der Waals surface area contributed by atoms with Gasteiger partial charge in [0.15, 0.2) is 0 Å². The predicted octanol–water partition coefficient (Wildman–Crippen LogP) is -1.18. The number of hydrogen-bond acceptors (Lipinski definition) is 7. The first-order valence-electron chi connectivity index (χ1n) is 6.45. The minimum atomic E-state index is -1.56. The Morgan fingerprint density at radius 3 is 2.48 bits per heavy atom. The first-order valence-corrected chi connectivity index (χ1v) is 7.33. The zero-order valence-corrected chi connectivity index (χ0v) is 12.1. The lowest BCUT2D eigenvalue weighted by molar-refractivity contribution is -0.102. The van der Waals surface area contributed by atoms with Crippen LogP contribution >= 0.6 is 11.8 Å². The van der Waals surface area contributed by atoms with Crippen molar-refractivity contribution < 1.29 is 25.2 Å². The maximum atomic E-state index is 11.9. The third-order valence-corrected chi connectivity index (χ3v) is 4.48. The molecule has 2 rings (SSSR count). The van der Waals surface area contributed by atoms with Crippen LogP contribution in [0.3, 0.4) is 0 Å². The van der Waals surface area contributed by atoms with Gasteiger partial charge in [-0.3, -0.25) is 10.2 Å². The number of rotatable bonds is 4. The molecule has 1 heterocycles. The van der Waals surface area contributed by atoms with Crippen LogP contribution in [-0.2, 0) is 0 Å². The molecular formula is C13H18N2O5S. The van der Waals surface area contributed by atoms with Gasteiger partial charge in [0, 0.05) is 4.90 Å². The lowest BCUT2D eigenvalue weighted by atomic mass is 10.0. The maximum absolute atomic E-state index is 11.9. The molecule has 0 bridgehead atoms. The van der Waals surface area contributed by atoms with Crippen LogP contribution < -0.4 is 10.9 Å². The summed E-state index contributed by atoms with van der Waals surface area (Å²) in [7, 11) is 0. The molecular weight excluding hydrogens is 296 g/mol. The van der Waals surface area contributed by atoms with E-state index in [0.717, 1.165) is 11.8 Å². The minimum Gasteiger partial charge on any atom is -0.391 e. The molecule has 0 saturated carbocycles. The van der Waals surface area contributed by atoms with E-state index >= 15 is 0 Å². The number of benzene rings is 1. The van der Waals surface area contributed by atoms with Crippen molar-refractivity contribution >= 4 is 17.7 Å². The summed E-state index contributed by atoms with van der Waals surface area (Å²) in [6.07, 6.45) is -5.63. The summed E-state index contributed by atoms with van der Waals surface area (Å²) < 4.78 is 0. The van der Waals surface area contributed by atoms with Crippen molar-refractivity contribution in [3.63, 3.8) is 0 Å². The standard InChI is InChI=1S/C13H18N2O5S/c1-6(16)9(17)10(18)11(19)13-15-14-12(20)7-4-2-3-5-8(7)21-13/h2-6,9-11,13,15-19H,1H3,(H,14,20)/t6-,9-,10+,11-,13?/m1/s1. The summed E-state index contributed by atoms with van der Waals surface area (Å²) >= 11 is 1.15. The fourth-order valence-corrected chi connectivity index (χ4v) is 3.09. The first-order chi connectivity index (χ1) is 9.91. The highest BCUT2D eigenvalue weighted by Gasteiger charge is 2.36. The number of fused-ring (bicyclic) bond motifs is 1. The van der Waals surface area contributed by atoms with E-state index in [4.69, 9.17) is 0 Å². The maximum Gasteiger partial charge on any atom is 0.266 e. The first kappa shape index (κ1) is 16.2. The summed E-state index contributed by atoms with van der Waals surface area (Å²) in [4.78, 5) is 12.5. The third-order valence-electron chi connectivity index (χ3n) is 3.22. The average molecular weight is 314 g/mol. The Morgan fingerprint density at radius 2 is 1.81 bits per heavy atom. The molecule has 0 saturated heterocycles. The van der Waals surface area contributed by atoms with E-state index in [-0.39, 0.29) is 5.91 Å². The molecule has 8 heteroatoms. The second-order valence-electron chi connectivity index (χ2n) is 4.85. The molecule has 6 N–H and O–H groups in total. The van der Waals surface area contributed by atoms with Crippen LogP contribution in [0.1, 0.15) is 17.3 Å². The van der Waals surface area contributed by atoms with Crippen molar-refractivity contribution in [3.8, 4) is 0 Å². The molecule has 7 nitrogen and oxygen atoms in total. The zero-order valence-electron chi connectivity index (χ0n) is 11.3. The molecule has 1 unspecified atom stereocenters. The molecule has 5 atom stereocenters. The quantitative estimate of drug-likeness (QED) is 0.413. The number of aliphatic hydroxyl groups is 4. The van der Waals surface area contributed by atoms with Gasteiger partial charge in [0.2, 0.25) is 0 Å². The van der Waals surface area contributed by atoms with Crippen molar-refractivity contribution in [1.29, 1.82) is 0 Å². The van der Waals surface area contributed by atoms with Crippen LogP contribution in [0.4, 0.5) is 0 Å². The number of hydrazine groups is 1. The Labute approximate surface area is 126 Å². The third kappa shape index (κ3) is 3.54. The Bertz CT molecular complexity index is 513. The van der Waals surface area contributed by atoms with Gasteiger partial charge < -0.3 is 20.4 Å². The van der Waals surface area contributed by atoms with Gasteiger partial charge in [0.25, 0.3) is 5.91 Å². The lowest BCUT2D eigenvalue weighted by Gasteiger charge is -2.29. The number of thioether (sulfide) groups is 1. The predicted molar refractivity (Wildman–Crippen MR) is 76.4 cm³/mol. The second kappa shape index (κ2) is 6.73. The van der Waals surface area contributed by atoms with Gasteiger partial charge in [-0.25, -0.2) is 5.43 Å². The van der Waals surface area contributed by atoms with Crippen LogP contribution in [0, 0.1) is 0 Å². The summed E-state index contributed by atoms with van der Waals surface area (Å²) in [5.74, 6) is -0.349. The summed E-state index contributed by atoms with van der Waals surface area (Å²) in [6, 6.07) is 6.86. The van der Waals surface area contributed by atoms with Crippen molar-refractivity contribution in [2.75, 3.05) is 0 Å². The Morgan fingerprint density at radius 1 is 1.14 bits per heavy atom. The van der Waals surface area contributed by atoms with E-state index in [1.165, 1.54) is 6.92 Å². The van der Waals surface area contributed by atoms with Gasteiger partial charge in [0.1, 0.15) is 23.7 Å². The molecule has 1 aromatic carbocycles. The summed E-state index contributed by atoms with van der Waals surface area (Å²) in [5.41, 5.74) is 5.50. The molecule has 0 aliphatic carbocycles.